The van der Waals surface area contributed by atoms with Gasteiger partial charge in [0, 0.05) is 0 Å². The van der Waals surface area contributed by atoms with Gasteiger partial charge in [-0.2, -0.15) is 0 Å². The van der Waals surface area contributed by atoms with Crippen molar-refractivity contribution in [1.82, 2.24) is 0 Å². The first-order valence-corrected chi connectivity index (χ1v) is 2.90. The van der Waals surface area contributed by atoms with E-state index in [0.717, 1.165) is 0 Å². The fourth-order valence-electron chi connectivity index (χ4n) is 0.973. The van der Waals surface area contributed by atoms with Crippen molar-refractivity contribution in [1.29, 1.82) is 0 Å². The number of hydrogen-bond donors (Lipinski definition) is 1. The van der Waals surface area contributed by atoms with Crippen molar-refractivity contribution in [3.63, 3.8) is 0 Å². The number of hydrogen-bond acceptors (Lipinski definition) is 2. The van der Waals surface area contributed by atoms with Gasteiger partial charge in [-0.3, -0.25) is 0 Å². The Morgan fingerprint density at radius 2 is 2.00 bits per heavy atom. The average Bonchev–Trinajstić information content (AvgIpc) is 2.13. The van der Waals surface area contributed by atoms with E-state index in [2.05, 4.69) is 0 Å². The first-order valence-electron chi connectivity index (χ1n) is 2.90. The summed E-state index contributed by atoms with van der Waals surface area (Å²) < 4.78 is 5.12. The molecule has 1 aliphatic rings. The zero-order valence-electron chi connectivity index (χ0n) is 5.51. The van der Waals surface area contributed by atoms with Gasteiger partial charge >= 0.3 is 0 Å². The van der Waals surface area contributed by atoms with Gasteiger partial charge in [0.25, 0.3) is 0 Å². The number of rotatable bonds is 1. The Hall–Kier alpha value is -0.0800. The molecule has 0 amide bonds. The monoisotopic (exact) mass is 116 g/mol. The van der Waals surface area contributed by atoms with E-state index in [-0.39, 0.29) is 17.8 Å². The first-order chi connectivity index (χ1) is 3.54. The summed E-state index contributed by atoms with van der Waals surface area (Å²) in [4.78, 5) is 0. The van der Waals surface area contributed by atoms with E-state index in [0.29, 0.717) is 0 Å². The first kappa shape index (κ1) is 6.05. The van der Waals surface area contributed by atoms with E-state index in [4.69, 9.17) is 9.84 Å². The summed E-state index contributed by atoms with van der Waals surface area (Å²) in [7, 11) is 0. The summed E-state index contributed by atoms with van der Waals surface area (Å²) in [5.41, 5.74) is -0.0613. The molecule has 8 heavy (non-hydrogen) atoms. The Balaban J connectivity index is 2.37. The Kier molecular flexibility index (Phi) is 1.10. The summed E-state index contributed by atoms with van der Waals surface area (Å²) in [6.45, 7) is 5.70. The van der Waals surface area contributed by atoms with Crippen molar-refractivity contribution < 1.29 is 9.84 Å². The summed E-state index contributed by atoms with van der Waals surface area (Å²) in [5.74, 6) is 0. The lowest BCUT2D eigenvalue weighted by atomic mass is 10.1. The molecule has 0 aromatic rings. The topological polar surface area (TPSA) is 32.8 Å². The molecule has 0 radical (unpaired) electrons. The SMILES string of the molecule is C[C@@H](O)C1OC1(C)C. The van der Waals surface area contributed by atoms with Crippen LogP contribution < -0.4 is 0 Å². The van der Waals surface area contributed by atoms with Gasteiger partial charge in [0.1, 0.15) is 6.10 Å². The molecule has 48 valence electrons. The van der Waals surface area contributed by atoms with E-state index in [9.17, 15) is 0 Å². The van der Waals surface area contributed by atoms with Crippen LogP contribution in [-0.4, -0.2) is 22.9 Å². The highest BCUT2D eigenvalue weighted by atomic mass is 16.6. The fourth-order valence-corrected chi connectivity index (χ4v) is 0.973. The zero-order valence-corrected chi connectivity index (χ0v) is 5.51. The van der Waals surface area contributed by atoms with Crippen molar-refractivity contribution in [2.75, 3.05) is 0 Å². The van der Waals surface area contributed by atoms with Crippen LogP contribution in [0.1, 0.15) is 20.8 Å². The van der Waals surface area contributed by atoms with Crippen LogP contribution in [0, 0.1) is 0 Å². The molecule has 2 heteroatoms. The van der Waals surface area contributed by atoms with Crippen molar-refractivity contribution in [3.8, 4) is 0 Å². The third-order valence-electron chi connectivity index (χ3n) is 1.50. The van der Waals surface area contributed by atoms with Gasteiger partial charge in [0.15, 0.2) is 0 Å². The second kappa shape index (κ2) is 1.45. The van der Waals surface area contributed by atoms with E-state index in [1.807, 2.05) is 13.8 Å². The predicted molar refractivity (Wildman–Crippen MR) is 30.6 cm³/mol. The molecule has 1 saturated heterocycles. The smallest absolute Gasteiger partial charge is 0.112 e. The van der Waals surface area contributed by atoms with Gasteiger partial charge in [-0.25, -0.2) is 0 Å². The highest BCUT2D eigenvalue weighted by Gasteiger charge is 2.50. The van der Waals surface area contributed by atoms with E-state index in [1.165, 1.54) is 0 Å². The molecule has 0 bridgehead atoms. The lowest BCUT2D eigenvalue weighted by molar-refractivity contribution is 0.152. The second-order valence-electron chi connectivity index (χ2n) is 2.88. The van der Waals surface area contributed by atoms with Crippen LogP contribution >= 0.6 is 0 Å². The van der Waals surface area contributed by atoms with Gasteiger partial charge in [-0.15, -0.1) is 0 Å². The van der Waals surface area contributed by atoms with E-state index < -0.39 is 0 Å². The number of epoxide rings is 1. The Morgan fingerprint density at radius 1 is 1.62 bits per heavy atom. The van der Waals surface area contributed by atoms with Crippen molar-refractivity contribution in [2.24, 2.45) is 0 Å². The van der Waals surface area contributed by atoms with Gasteiger partial charge < -0.3 is 9.84 Å². The molecule has 2 nitrogen and oxygen atoms in total. The van der Waals surface area contributed by atoms with Crippen LogP contribution in [0.25, 0.3) is 0 Å². The molecular weight excluding hydrogens is 104 g/mol. The molecule has 0 saturated carbocycles. The van der Waals surface area contributed by atoms with Gasteiger partial charge in [-0.1, -0.05) is 0 Å². The van der Waals surface area contributed by atoms with E-state index in [1.54, 1.807) is 6.92 Å². The largest absolute Gasteiger partial charge is 0.391 e. The molecule has 1 aliphatic heterocycles. The number of aliphatic hydroxyl groups excluding tert-OH is 1. The fraction of sp³-hybridized carbons (Fsp3) is 1.00. The van der Waals surface area contributed by atoms with Crippen LogP contribution in [0.5, 0.6) is 0 Å². The van der Waals surface area contributed by atoms with Crippen molar-refractivity contribution in [2.45, 2.75) is 38.6 Å². The molecule has 1 unspecified atom stereocenters. The summed E-state index contributed by atoms with van der Waals surface area (Å²) in [6, 6.07) is 0. The molecular formula is C6H12O2. The summed E-state index contributed by atoms with van der Waals surface area (Å²) in [5, 5.41) is 8.90. The zero-order chi connectivity index (χ0) is 6.36. The molecule has 1 fully saturated rings. The molecule has 0 aromatic heterocycles. The maximum Gasteiger partial charge on any atom is 0.112 e. The number of ether oxygens (including phenoxy) is 1. The van der Waals surface area contributed by atoms with Crippen LogP contribution in [0.2, 0.25) is 0 Å². The highest BCUT2D eigenvalue weighted by Crippen LogP contribution is 2.37. The normalized spacial score (nSPS) is 36.8. The second-order valence-corrected chi connectivity index (χ2v) is 2.88. The van der Waals surface area contributed by atoms with Crippen LogP contribution in [0.3, 0.4) is 0 Å². The number of aliphatic hydroxyl groups is 1. The average molecular weight is 116 g/mol. The minimum absolute atomic E-state index is 0.0613. The Labute approximate surface area is 49.5 Å². The quantitative estimate of drug-likeness (QED) is 0.507. The van der Waals surface area contributed by atoms with E-state index >= 15 is 0 Å². The Morgan fingerprint density at radius 3 is 2.00 bits per heavy atom. The van der Waals surface area contributed by atoms with Gasteiger partial charge in [0.05, 0.1) is 11.7 Å². The van der Waals surface area contributed by atoms with Crippen LogP contribution in [-0.2, 0) is 4.74 Å². The molecule has 2 atom stereocenters. The molecule has 1 rings (SSSR count). The molecule has 1 N–H and O–H groups in total. The molecule has 0 spiro atoms. The maximum absolute atomic E-state index is 8.90. The van der Waals surface area contributed by atoms with Gasteiger partial charge in [-0.05, 0) is 20.8 Å². The molecule has 0 aliphatic carbocycles. The minimum Gasteiger partial charge on any atom is -0.391 e. The highest BCUT2D eigenvalue weighted by molar-refractivity contribution is 4.97. The van der Waals surface area contributed by atoms with Crippen LogP contribution in [0.15, 0.2) is 0 Å². The predicted octanol–water partition coefficient (Wildman–Crippen LogP) is 0.545. The standard InChI is InChI=1S/C6H12O2/c1-4(7)5-6(2,3)8-5/h4-5,7H,1-3H3/t4-,5?/m1/s1. The summed E-state index contributed by atoms with van der Waals surface area (Å²) in [6.07, 6.45) is -0.243. The van der Waals surface area contributed by atoms with Gasteiger partial charge in [0.2, 0.25) is 0 Å². The lowest BCUT2D eigenvalue weighted by Gasteiger charge is -1.97. The summed E-state index contributed by atoms with van der Waals surface area (Å²) >= 11 is 0. The van der Waals surface area contributed by atoms with Crippen molar-refractivity contribution >= 4 is 0 Å². The third kappa shape index (κ3) is 0.858. The molecule has 1 heterocycles. The third-order valence-corrected chi connectivity index (χ3v) is 1.50. The van der Waals surface area contributed by atoms with Crippen molar-refractivity contribution in [3.05, 3.63) is 0 Å². The minimum atomic E-state index is -0.315. The molecule has 0 aromatic carbocycles. The maximum atomic E-state index is 8.90. The Bertz CT molecular complexity index is 96.7. The van der Waals surface area contributed by atoms with Crippen LogP contribution in [0.4, 0.5) is 0 Å². The lowest BCUT2D eigenvalue weighted by Crippen LogP contribution is -2.15.